The maximum atomic E-state index is 12.1. The number of alkyl carbamates (subject to hydrolysis) is 1. The van der Waals surface area contributed by atoms with Crippen LogP contribution in [0.4, 0.5) is 4.79 Å². The van der Waals surface area contributed by atoms with E-state index in [4.69, 9.17) is 14.2 Å². The van der Waals surface area contributed by atoms with E-state index in [9.17, 15) is 4.79 Å². The number of rotatable bonds is 11. The predicted octanol–water partition coefficient (Wildman–Crippen LogP) is 5.15. The number of nitrogens with one attached hydrogen (secondary N) is 1. The summed E-state index contributed by atoms with van der Waals surface area (Å²) < 4.78 is 16.7. The Morgan fingerprint density at radius 3 is 2.09 bits per heavy atom. The fourth-order valence-electron chi connectivity index (χ4n) is 4.00. The van der Waals surface area contributed by atoms with Gasteiger partial charge >= 0.3 is 6.09 Å². The number of amides is 1. The molecule has 0 saturated heterocycles. The van der Waals surface area contributed by atoms with Gasteiger partial charge in [0.15, 0.2) is 0 Å². The van der Waals surface area contributed by atoms with Crippen LogP contribution in [0.15, 0.2) is 78.9 Å². The summed E-state index contributed by atoms with van der Waals surface area (Å²) in [6.45, 7) is 3.09. The van der Waals surface area contributed by atoms with Gasteiger partial charge in [-0.15, -0.1) is 0 Å². The molecule has 4 rings (SSSR count). The highest BCUT2D eigenvalue weighted by Crippen LogP contribution is 2.44. The summed E-state index contributed by atoms with van der Waals surface area (Å²) in [5.41, 5.74) is 6.03. The Bertz CT molecular complexity index is 960. The van der Waals surface area contributed by atoms with Crippen molar-refractivity contribution in [1.29, 1.82) is 0 Å². The standard InChI is InChI=1S/C27H29NO4/c29-27(28-15-8-16-30-17-18-31-19-21-9-2-1-3-10-21)32-20-26-24-13-6-4-11-22(24)23-12-5-7-14-25(23)26/h1-7,9-14,26H,8,15-20H2,(H,28,29). The Kier molecular flexibility index (Phi) is 7.90. The number of hydrogen-bond donors (Lipinski definition) is 1. The minimum atomic E-state index is -0.391. The van der Waals surface area contributed by atoms with E-state index in [1.54, 1.807) is 0 Å². The van der Waals surface area contributed by atoms with Crippen molar-refractivity contribution >= 4 is 6.09 Å². The molecule has 166 valence electrons. The molecule has 1 aliphatic rings. The monoisotopic (exact) mass is 431 g/mol. The molecule has 0 spiro atoms. The van der Waals surface area contributed by atoms with E-state index < -0.39 is 6.09 Å². The quantitative estimate of drug-likeness (QED) is 0.427. The van der Waals surface area contributed by atoms with Crippen LogP contribution in [0, 0.1) is 0 Å². The molecule has 1 amide bonds. The first kappa shape index (κ1) is 22.1. The summed E-state index contributed by atoms with van der Waals surface area (Å²) in [5, 5.41) is 2.81. The van der Waals surface area contributed by atoms with E-state index in [0.29, 0.717) is 39.6 Å². The van der Waals surface area contributed by atoms with E-state index in [1.807, 2.05) is 54.6 Å². The molecule has 0 atom stereocenters. The Labute approximate surface area is 189 Å². The molecule has 5 nitrogen and oxygen atoms in total. The van der Waals surface area contributed by atoms with Gasteiger partial charge in [0.05, 0.1) is 19.8 Å². The smallest absolute Gasteiger partial charge is 0.407 e. The van der Waals surface area contributed by atoms with Crippen LogP contribution in [0.3, 0.4) is 0 Å². The molecule has 0 saturated carbocycles. The van der Waals surface area contributed by atoms with Gasteiger partial charge in [0.2, 0.25) is 0 Å². The molecule has 3 aromatic carbocycles. The van der Waals surface area contributed by atoms with Gasteiger partial charge < -0.3 is 19.5 Å². The molecular weight excluding hydrogens is 402 g/mol. The SMILES string of the molecule is O=C(NCCCOCCOCc1ccccc1)OCC1c2ccccc2-c2ccccc21. The number of ether oxygens (including phenoxy) is 3. The van der Waals surface area contributed by atoms with Crippen molar-refractivity contribution in [3.8, 4) is 11.1 Å². The highest BCUT2D eigenvalue weighted by Gasteiger charge is 2.28. The van der Waals surface area contributed by atoms with Crippen LogP contribution in [0.25, 0.3) is 11.1 Å². The number of fused-ring (bicyclic) bond motifs is 3. The summed E-state index contributed by atoms with van der Waals surface area (Å²) in [6, 6.07) is 26.7. The number of benzene rings is 3. The summed E-state index contributed by atoms with van der Waals surface area (Å²) in [4.78, 5) is 12.1. The van der Waals surface area contributed by atoms with Gasteiger partial charge in [-0.25, -0.2) is 4.79 Å². The number of hydrogen-bond acceptors (Lipinski definition) is 4. The van der Waals surface area contributed by atoms with Crippen LogP contribution in [0.5, 0.6) is 0 Å². The van der Waals surface area contributed by atoms with Crippen LogP contribution in [-0.4, -0.2) is 39.1 Å². The lowest BCUT2D eigenvalue weighted by molar-refractivity contribution is 0.0398. The van der Waals surface area contributed by atoms with Gasteiger partial charge in [-0.05, 0) is 34.2 Å². The van der Waals surface area contributed by atoms with Gasteiger partial charge in [0.25, 0.3) is 0 Å². The van der Waals surface area contributed by atoms with E-state index in [1.165, 1.54) is 22.3 Å². The van der Waals surface area contributed by atoms with E-state index >= 15 is 0 Å². The van der Waals surface area contributed by atoms with Crippen LogP contribution in [0.1, 0.15) is 29.0 Å². The molecule has 3 aromatic rings. The molecule has 0 fully saturated rings. The lowest BCUT2D eigenvalue weighted by Gasteiger charge is -2.14. The third kappa shape index (κ3) is 5.75. The molecule has 1 N–H and O–H groups in total. The Morgan fingerprint density at radius 2 is 1.38 bits per heavy atom. The molecular formula is C27H29NO4. The minimum Gasteiger partial charge on any atom is -0.449 e. The zero-order valence-corrected chi connectivity index (χ0v) is 18.2. The summed E-state index contributed by atoms with van der Waals surface area (Å²) in [5.74, 6) is 0.0763. The third-order valence-corrected chi connectivity index (χ3v) is 5.56. The van der Waals surface area contributed by atoms with Crippen molar-refractivity contribution in [1.82, 2.24) is 5.32 Å². The van der Waals surface area contributed by atoms with Gasteiger partial charge in [0.1, 0.15) is 6.61 Å². The first-order valence-corrected chi connectivity index (χ1v) is 11.1. The van der Waals surface area contributed by atoms with Crippen LogP contribution >= 0.6 is 0 Å². The molecule has 0 radical (unpaired) electrons. The molecule has 32 heavy (non-hydrogen) atoms. The van der Waals surface area contributed by atoms with E-state index in [-0.39, 0.29) is 5.92 Å². The molecule has 0 heterocycles. The van der Waals surface area contributed by atoms with Crippen molar-refractivity contribution in [2.75, 3.05) is 33.0 Å². The van der Waals surface area contributed by atoms with Crippen molar-refractivity contribution in [3.05, 3.63) is 95.6 Å². The maximum Gasteiger partial charge on any atom is 0.407 e. The van der Waals surface area contributed by atoms with Crippen LogP contribution in [-0.2, 0) is 20.8 Å². The van der Waals surface area contributed by atoms with Crippen LogP contribution < -0.4 is 5.32 Å². The van der Waals surface area contributed by atoms with Crippen molar-refractivity contribution in [2.45, 2.75) is 18.9 Å². The average molecular weight is 432 g/mol. The molecule has 5 heteroatoms. The summed E-state index contributed by atoms with van der Waals surface area (Å²) in [6.07, 6.45) is 0.334. The minimum absolute atomic E-state index is 0.0763. The topological polar surface area (TPSA) is 56.8 Å². The second-order valence-corrected chi connectivity index (χ2v) is 7.76. The Morgan fingerprint density at radius 1 is 0.750 bits per heavy atom. The second-order valence-electron chi connectivity index (χ2n) is 7.76. The van der Waals surface area contributed by atoms with E-state index in [2.05, 4.69) is 29.6 Å². The average Bonchev–Trinajstić information content (AvgIpc) is 3.16. The highest BCUT2D eigenvalue weighted by atomic mass is 16.5. The molecule has 0 aliphatic heterocycles. The fourth-order valence-corrected chi connectivity index (χ4v) is 4.00. The zero-order chi connectivity index (χ0) is 22.0. The lowest BCUT2D eigenvalue weighted by Crippen LogP contribution is -2.27. The first-order chi connectivity index (χ1) is 15.8. The lowest BCUT2D eigenvalue weighted by atomic mass is 9.98. The third-order valence-electron chi connectivity index (χ3n) is 5.56. The first-order valence-electron chi connectivity index (χ1n) is 11.1. The fraction of sp³-hybridized carbons (Fsp3) is 0.296. The maximum absolute atomic E-state index is 12.1. The normalized spacial score (nSPS) is 12.2. The van der Waals surface area contributed by atoms with Crippen LogP contribution in [0.2, 0.25) is 0 Å². The van der Waals surface area contributed by atoms with Crippen molar-refractivity contribution in [2.24, 2.45) is 0 Å². The summed E-state index contributed by atoms with van der Waals surface area (Å²) >= 11 is 0. The Balaban J connectivity index is 1.09. The highest BCUT2D eigenvalue weighted by molar-refractivity contribution is 5.79. The second kappa shape index (κ2) is 11.5. The van der Waals surface area contributed by atoms with Gasteiger partial charge in [-0.2, -0.15) is 0 Å². The van der Waals surface area contributed by atoms with E-state index in [0.717, 1.165) is 12.0 Å². The van der Waals surface area contributed by atoms with Gasteiger partial charge in [-0.3, -0.25) is 0 Å². The van der Waals surface area contributed by atoms with Crippen molar-refractivity contribution < 1.29 is 19.0 Å². The van der Waals surface area contributed by atoms with Gasteiger partial charge in [0, 0.05) is 19.1 Å². The number of carbonyl (C=O) groups is 1. The van der Waals surface area contributed by atoms with Gasteiger partial charge in [-0.1, -0.05) is 78.9 Å². The molecule has 0 aromatic heterocycles. The zero-order valence-electron chi connectivity index (χ0n) is 18.2. The molecule has 0 bridgehead atoms. The summed E-state index contributed by atoms with van der Waals surface area (Å²) in [7, 11) is 0. The Hall–Kier alpha value is -3.15. The van der Waals surface area contributed by atoms with Crippen molar-refractivity contribution in [3.63, 3.8) is 0 Å². The number of carbonyl (C=O) groups excluding carboxylic acids is 1. The molecule has 1 aliphatic carbocycles. The molecule has 0 unspecified atom stereocenters. The largest absolute Gasteiger partial charge is 0.449 e. The predicted molar refractivity (Wildman–Crippen MR) is 125 cm³/mol.